The molecule has 1 heterocycles. The highest BCUT2D eigenvalue weighted by Crippen LogP contribution is 2.36. The van der Waals surface area contributed by atoms with Crippen LogP contribution in [0.3, 0.4) is 0 Å². The molecule has 2 aromatic carbocycles. The minimum Gasteiger partial charge on any atom is -0.493 e. The fourth-order valence-corrected chi connectivity index (χ4v) is 3.55. The Bertz CT molecular complexity index is 606. The number of ether oxygens (including phenoxy) is 1. The van der Waals surface area contributed by atoms with Crippen LogP contribution in [0, 0.1) is 0 Å². The van der Waals surface area contributed by atoms with Gasteiger partial charge in [0.25, 0.3) is 0 Å². The van der Waals surface area contributed by atoms with E-state index in [0.717, 1.165) is 31.6 Å². The maximum Gasteiger partial charge on any atom is 0.122 e. The van der Waals surface area contributed by atoms with Crippen LogP contribution < -0.4 is 4.74 Å². The molecule has 20 heavy (non-hydrogen) atoms. The van der Waals surface area contributed by atoms with Crippen molar-refractivity contribution < 1.29 is 4.74 Å². The highest BCUT2D eigenvalue weighted by Gasteiger charge is 2.17. The summed E-state index contributed by atoms with van der Waals surface area (Å²) in [5.41, 5.74) is 5.43. The Balaban J connectivity index is 1.96. The van der Waals surface area contributed by atoms with E-state index < -0.39 is 0 Å². The van der Waals surface area contributed by atoms with Crippen LogP contribution in [-0.4, -0.2) is 6.61 Å². The van der Waals surface area contributed by atoms with Crippen LogP contribution in [0.1, 0.15) is 40.4 Å². The van der Waals surface area contributed by atoms with Crippen LogP contribution in [0.2, 0.25) is 0 Å². The second kappa shape index (κ2) is 6.01. The van der Waals surface area contributed by atoms with E-state index in [-0.39, 0.29) is 4.83 Å². The number of aryl methyl sites for hydroxylation is 2. The second-order valence-electron chi connectivity index (χ2n) is 5.23. The molecule has 1 nitrogen and oxygen atoms in total. The lowest BCUT2D eigenvalue weighted by molar-refractivity contribution is 0.288. The number of benzene rings is 2. The Morgan fingerprint density at radius 3 is 2.90 bits per heavy atom. The van der Waals surface area contributed by atoms with Crippen molar-refractivity contribution in [1.82, 2.24) is 0 Å². The van der Waals surface area contributed by atoms with Crippen LogP contribution >= 0.6 is 15.9 Å². The van der Waals surface area contributed by atoms with Crippen LogP contribution in [0.15, 0.2) is 42.5 Å². The minimum absolute atomic E-state index is 0.255. The predicted molar refractivity (Wildman–Crippen MR) is 86.8 cm³/mol. The molecule has 0 amide bonds. The second-order valence-corrected chi connectivity index (χ2v) is 6.15. The van der Waals surface area contributed by atoms with E-state index in [1.54, 1.807) is 0 Å². The van der Waals surface area contributed by atoms with Gasteiger partial charge in [-0.3, -0.25) is 0 Å². The fourth-order valence-electron chi connectivity index (χ4n) is 2.82. The lowest BCUT2D eigenvalue weighted by atomic mass is 9.95. The topological polar surface area (TPSA) is 9.23 Å². The monoisotopic (exact) mass is 330 g/mol. The van der Waals surface area contributed by atoms with E-state index in [9.17, 15) is 0 Å². The summed E-state index contributed by atoms with van der Waals surface area (Å²) in [7, 11) is 0. The summed E-state index contributed by atoms with van der Waals surface area (Å²) in [4.78, 5) is 0.255. The fraction of sp³-hybridized carbons (Fsp3) is 0.333. The molecule has 1 aliphatic rings. The Labute approximate surface area is 129 Å². The first kappa shape index (κ1) is 13.7. The summed E-state index contributed by atoms with van der Waals surface area (Å²) < 4.78 is 5.69. The zero-order valence-electron chi connectivity index (χ0n) is 11.7. The smallest absolute Gasteiger partial charge is 0.122 e. The predicted octanol–water partition coefficient (Wildman–Crippen LogP) is 5.06. The van der Waals surface area contributed by atoms with Gasteiger partial charge in [-0.25, -0.2) is 0 Å². The van der Waals surface area contributed by atoms with Crippen LogP contribution in [0.25, 0.3) is 0 Å². The average Bonchev–Trinajstić information content (AvgIpc) is 2.53. The Kier molecular flexibility index (Phi) is 4.11. The molecule has 0 fully saturated rings. The molecule has 0 N–H and O–H groups in total. The Morgan fingerprint density at radius 2 is 2.05 bits per heavy atom. The Morgan fingerprint density at radius 1 is 1.20 bits per heavy atom. The highest BCUT2D eigenvalue weighted by molar-refractivity contribution is 9.09. The van der Waals surface area contributed by atoms with Crippen LogP contribution in [0.5, 0.6) is 5.75 Å². The van der Waals surface area contributed by atoms with Crippen molar-refractivity contribution >= 4 is 15.9 Å². The van der Waals surface area contributed by atoms with Gasteiger partial charge in [0.2, 0.25) is 0 Å². The summed E-state index contributed by atoms with van der Waals surface area (Å²) in [5.74, 6) is 1.06. The van der Waals surface area contributed by atoms with Gasteiger partial charge in [0.05, 0.1) is 11.4 Å². The maximum absolute atomic E-state index is 5.69. The van der Waals surface area contributed by atoms with E-state index in [0.29, 0.717) is 0 Å². The lowest BCUT2D eigenvalue weighted by Gasteiger charge is -2.20. The van der Waals surface area contributed by atoms with Crippen molar-refractivity contribution in [2.24, 2.45) is 0 Å². The number of rotatable bonds is 3. The molecule has 2 heteroatoms. The van der Waals surface area contributed by atoms with Crippen LogP contribution in [-0.2, 0) is 12.8 Å². The number of fused-ring (bicyclic) bond motifs is 1. The SMILES string of the molecule is CCc1ccccc1C(Br)c1ccc2c(c1)CCCO2. The highest BCUT2D eigenvalue weighted by atomic mass is 79.9. The van der Waals surface area contributed by atoms with E-state index in [2.05, 4.69) is 65.3 Å². The van der Waals surface area contributed by atoms with Crippen LogP contribution in [0.4, 0.5) is 0 Å². The lowest BCUT2D eigenvalue weighted by Crippen LogP contribution is -2.09. The summed E-state index contributed by atoms with van der Waals surface area (Å²) in [6.07, 6.45) is 3.31. The molecule has 0 aliphatic carbocycles. The van der Waals surface area contributed by atoms with Gasteiger partial charge in [-0.05, 0) is 47.6 Å². The normalized spacial score (nSPS) is 15.3. The molecule has 0 aromatic heterocycles. The minimum atomic E-state index is 0.255. The first-order chi connectivity index (χ1) is 9.79. The molecule has 0 saturated heterocycles. The third-order valence-electron chi connectivity index (χ3n) is 3.93. The Hall–Kier alpha value is -1.28. The van der Waals surface area contributed by atoms with Crippen molar-refractivity contribution in [1.29, 1.82) is 0 Å². The molecule has 1 unspecified atom stereocenters. The van der Waals surface area contributed by atoms with Crippen molar-refractivity contribution in [3.63, 3.8) is 0 Å². The molecular formula is C18H19BrO. The van der Waals surface area contributed by atoms with Crippen molar-refractivity contribution in [3.05, 3.63) is 64.7 Å². The first-order valence-corrected chi connectivity index (χ1v) is 8.18. The van der Waals surface area contributed by atoms with E-state index in [4.69, 9.17) is 4.74 Å². The molecule has 0 bridgehead atoms. The largest absolute Gasteiger partial charge is 0.493 e. The zero-order chi connectivity index (χ0) is 13.9. The quantitative estimate of drug-likeness (QED) is 0.715. The number of hydrogen-bond donors (Lipinski definition) is 0. The molecule has 0 spiro atoms. The molecule has 2 aromatic rings. The van der Waals surface area contributed by atoms with E-state index >= 15 is 0 Å². The van der Waals surface area contributed by atoms with Gasteiger partial charge < -0.3 is 4.74 Å². The molecule has 3 rings (SSSR count). The van der Waals surface area contributed by atoms with Gasteiger partial charge >= 0.3 is 0 Å². The van der Waals surface area contributed by atoms with Gasteiger partial charge in [0, 0.05) is 0 Å². The van der Waals surface area contributed by atoms with Crippen molar-refractivity contribution in [3.8, 4) is 5.75 Å². The summed E-state index contributed by atoms with van der Waals surface area (Å²) in [6, 6.07) is 15.2. The van der Waals surface area contributed by atoms with E-state index in [1.807, 2.05) is 0 Å². The molecule has 1 atom stereocenters. The van der Waals surface area contributed by atoms with E-state index in [1.165, 1.54) is 22.3 Å². The van der Waals surface area contributed by atoms with Gasteiger partial charge in [-0.15, -0.1) is 0 Å². The van der Waals surface area contributed by atoms with Gasteiger partial charge in [-0.1, -0.05) is 59.3 Å². The molecule has 0 saturated carbocycles. The summed E-state index contributed by atoms with van der Waals surface area (Å²) in [5, 5.41) is 0. The number of hydrogen-bond acceptors (Lipinski definition) is 1. The molecule has 104 valence electrons. The standard InChI is InChI=1S/C18H19BrO/c1-2-13-6-3-4-8-16(13)18(19)15-9-10-17-14(12-15)7-5-11-20-17/h3-4,6,8-10,12,18H,2,5,7,11H2,1H3. The van der Waals surface area contributed by atoms with Crippen molar-refractivity contribution in [2.75, 3.05) is 6.61 Å². The van der Waals surface area contributed by atoms with Crippen molar-refractivity contribution in [2.45, 2.75) is 31.0 Å². The number of halogens is 1. The molecular weight excluding hydrogens is 312 g/mol. The summed E-state index contributed by atoms with van der Waals surface area (Å²) in [6.45, 7) is 3.06. The molecule has 0 radical (unpaired) electrons. The van der Waals surface area contributed by atoms with Gasteiger partial charge in [0.1, 0.15) is 5.75 Å². The average molecular weight is 331 g/mol. The molecule has 1 aliphatic heterocycles. The summed E-state index contributed by atoms with van der Waals surface area (Å²) >= 11 is 3.87. The maximum atomic E-state index is 5.69. The third-order valence-corrected chi connectivity index (χ3v) is 4.96. The zero-order valence-corrected chi connectivity index (χ0v) is 13.3. The third kappa shape index (κ3) is 2.62. The first-order valence-electron chi connectivity index (χ1n) is 7.27. The van der Waals surface area contributed by atoms with Gasteiger partial charge in [0.15, 0.2) is 0 Å². The van der Waals surface area contributed by atoms with Gasteiger partial charge in [-0.2, -0.15) is 0 Å². The number of alkyl halides is 1.